The number of anilines is 1. The third kappa shape index (κ3) is 5.41. The van der Waals surface area contributed by atoms with Gasteiger partial charge in [-0.05, 0) is 22.8 Å². The molecule has 4 heterocycles. The fourth-order valence-corrected chi connectivity index (χ4v) is 5.38. The number of hydrogen-bond acceptors (Lipinski definition) is 9. The molecule has 7 rings (SSSR count). The van der Waals surface area contributed by atoms with Gasteiger partial charge < -0.3 is 30.8 Å². The summed E-state index contributed by atoms with van der Waals surface area (Å²) in [6, 6.07) is 23.5. The van der Waals surface area contributed by atoms with Crippen LogP contribution in [0.4, 0.5) is 5.69 Å². The van der Waals surface area contributed by atoms with Crippen LogP contribution in [0, 0.1) is 0 Å². The number of amides is 2. The second-order valence-corrected chi connectivity index (χ2v) is 10.4. The summed E-state index contributed by atoms with van der Waals surface area (Å²) in [7, 11) is 0. The van der Waals surface area contributed by atoms with Crippen LogP contribution in [0.15, 0.2) is 85.5 Å². The Bertz CT molecular complexity index is 1880. The average Bonchev–Trinajstić information content (AvgIpc) is 3.75. The van der Waals surface area contributed by atoms with Crippen LogP contribution in [0.3, 0.4) is 0 Å². The summed E-state index contributed by atoms with van der Waals surface area (Å²) in [5.41, 5.74) is 18.0. The van der Waals surface area contributed by atoms with Gasteiger partial charge in [-0.3, -0.25) is 9.59 Å². The first-order chi connectivity index (χ1) is 21.6. The zero-order valence-corrected chi connectivity index (χ0v) is 23.6. The maximum absolute atomic E-state index is 13.6. The van der Waals surface area contributed by atoms with Crippen LogP contribution in [0.1, 0.15) is 40.7 Å². The summed E-state index contributed by atoms with van der Waals surface area (Å²) in [5, 5.41) is 2.94. The number of imidazole rings is 1. The van der Waals surface area contributed by atoms with Crippen LogP contribution in [0.25, 0.3) is 22.6 Å². The predicted molar refractivity (Wildman–Crippen MR) is 164 cm³/mol. The van der Waals surface area contributed by atoms with E-state index in [2.05, 4.69) is 41.6 Å². The minimum atomic E-state index is -0.186. The van der Waals surface area contributed by atoms with E-state index >= 15 is 0 Å². The molecule has 2 amide bonds. The van der Waals surface area contributed by atoms with Gasteiger partial charge in [0.25, 0.3) is 0 Å². The molecule has 44 heavy (non-hydrogen) atoms. The van der Waals surface area contributed by atoms with Gasteiger partial charge in [0.1, 0.15) is 12.9 Å². The predicted octanol–water partition coefficient (Wildman–Crippen LogP) is 3.31. The zero-order valence-electron chi connectivity index (χ0n) is 23.6. The monoisotopic (exact) mass is 587 g/mol. The van der Waals surface area contributed by atoms with E-state index < -0.39 is 0 Å². The highest BCUT2D eigenvalue weighted by Crippen LogP contribution is 2.36. The van der Waals surface area contributed by atoms with Crippen molar-refractivity contribution >= 4 is 40.1 Å². The number of hydrogen-bond donors (Lipinski definition) is 5. The van der Waals surface area contributed by atoms with Gasteiger partial charge in [0.15, 0.2) is 11.2 Å². The average molecular weight is 588 g/mol. The number of fused-ring (bicyclic) bond motifs is 5. The second kappa shape index (κ2) is 11.9. The highest BCUT2D eigenvalue weighted by atomic mass is 16.5. The lowest BCUT2D eigenvalue weighted by Crippen LogP contribution is -2.34. The number of rotatable bonds is 8. The van der Waals surface area contributed by atoms with Gasteiger partial charge in [0, 0.05) is 30.5 Å². The SMILES string of the molecule is O=C(CCC(=O)N1Cc2ccccc2C2=C(NNN2)c2ccccc21)NCc1ccc(COc2ncnc3[nH]cnc23)cc1. The molecule has 0 saturated heterocycles. The maximum atomic E-state index is 13.6. The smallest absolute Gasteiger partial charge is 0.245 e. The molecule has 220 valence electrons. The number of para-hydroxylation sites is 1. The molecule has 2 aliphatic heterocycles. The van der Waals surface area contributed by atoms with E-state index in [-0.39, 0.29) is 24.7 Å². The third-order valence-electron chi connectivity index (χ3n) is 7.64. The lowest BCUT2D eigenvalue weighted by atomic mass is 9.96. The number of benzene rings is 3. The van der Waals surface area contributed by atoms with Crippen molar-refractivity contribution in [3.8, 4) is 5.88 Å². The van der Waals surface area contributed by atoms with Crippen LogP contribution < -0.4 is 31.3 Å². The lowest BCUT2D eigenvalue weighted by Gasteiger charge is -2.29. The molecule has 5 aromatic rings. The Balaban J connectivity index is 0.961. The Morgan fingerprint density at radius 2 is 1.59 bits per heavy atom. The van der Waals surface area contributed by atoms with Crippen LogP contribution in [0.5, 0.6) is 5.88 Å². The van der Waals surface area contributed by atoms with Crippen molar-refractivity contribution in [1.29, 1.82) is 0 Å². The van der Waals surface area contributed by atoms with Gasteiger partial charge in [0.2, 0.25) is 17.7 Å². The van der Waals surface area contributed by atoms with E-state index in [4.69, 9.17) is 4.74 Å². The number of aromatic nitrogens is 4. The highest BCUT2D eigenvalue weighted by molar-refractivity contribution is 6.02. The summed E-state index contributed by atoms with van der Waals surface area (Å²) in [6.45, 7) is 1.07. The fraction of sp³-hybridized carbons (Fsp3) is 0.156. The van der Waals surface area contributed by atoms with Gasteiger partial charge >= 0.3 is 0 Å². The highest BCUT2D eigenvalue weighted by Gasteiger charge is 2.29. The molecule has 2 aromatic heterocycles. The zero-order chi connectivity index (χ0) is 29.9. The van der Waals surface area contributed by atoms with Crippen LogP contribution in [0.2, 0.25) is 0 Å². The van der Waals surface area contributed by atoms with Gasteiger partial charge in [-0.2, -0.15) is 4.98 Å². The van der Waals surface area contributed by atoms with Crippen molar-refractivity contribution in [2.75, 3.05) is 4.90 Å². The molecule has 12 heteroatoms. The van der Waals surface area contributed by atoms with Crippen LogP contribution in [-0.2, 0) is 29.3 Å². The summed E-state index contributed by atoms with van der Waals surface area (Å²) in [5.74, 6) is 0.108. The third-order valence-corrected chi connectivity index (χ3v) is 7.64. The Morgan fingerprint density at radius 1 is 0.841 bits per heavy atom. The number of H-pyrrole nitrogens is 1. The van der Waals surface area contributed by atoms with Crippen LogP contribution >= 0.6 is 0 Å². The lowest BCUT2D eigenvalue weighted by molar-refractivity contribution is -0.125. The van der Waals surface area contributed by atoms with E-state index in [0.29, 0.717) is 36.7 Å². The van der Waals surface area contributed by atoms with E-state index in [1.54, 1.807) is 11.2 Å². The van der Waals surface area contributed by atoms with Gasteiger partial charge in [0.05, 0.1) is 30.0 Å². The minimum Gasteiger partial charge on any atom is -0.471 e. The Hall–Kier alpha value is -5.75. The Labute approximate surface area is 252 Å². The first-order valence-electron chi connectivity index (χ1n) is 14.2. The molecule has 12 nitrogen and oxygen atoms in total. The number of carbonyl (C=O) groups excluding carboxylic acids is 2. The molecule has 0 saturated carbocycles. The van der Waals surface area contributed by atoms with E-state index in [1.807, 2.05) is 72.8 Å². The quantitative estimate of drug-likeness (QED) is 0.184. The summed E-state index contributed by atoms with van der Waals surface area (Å²) < 4.78 is 5.83. The van der Waals surface area contributed by atoms with Crippen LogP contribution in [-0.4, -0.2) is 31.8 Å². The number of nitrogens with one attached hydrogen (secondary N) is 5. The summed E-state index contributed by atoms with van der Waals surface area (Å²) >= 11 is 0. The van der Waals surface area contributed by atoms with Crippen molar-refractivity contribution in [3.63, 3.8) is 0 Å². The van der Waals surface area contributed by atoms with Crippen molar-refractivity contribution < 1.29 is 14.3 Å². The van der Waals surface area contributed by atoms with E-state index in [9.17, 15) is 9.59 Å². The van der Waals surface area contributed by atoms with Gasteiger partial charge in [-0.15, -0.1) is 5.53 Å². The maximum Gasteiger partial charge on any atom is 0.245 e. The Morgan fingerprint density at radius 3 is 2.45 bits per heavy atom. The standard InChI is InChI=1S/C32H29N9O3/c42-26(33-15-20-9-11-21(12-10-20)17-44-32-30-31(35-18-34-30)36-19-37-32)13-14-27(43)41-16-22-5-1-2-6-23(22)28-29(39-40-38-28)24-7-3-4-8-25(24)41/h1-12,18-19,38-40H,13-17H2,(H,33,42)(H,34,35,36,37). The molecule has 0 unspecified atom stereocenters. The largest absolute Gasteiger partial charge is 0.471 e. The molecule has 0 atom stereocenters. The Kier molecular flexibility index (Phi) is 7.30. The van der Waals surface area contributed by atoms with E-state index in [1.165, 1.54) is 6.33 Å². The van der Waals surface area contributed by atoms with E-state index in [0.717, 1.165) is 44.9 Å². The number of aromatic amines is 1. The van der Waals surface area contributed by atoms with Crippen molar-refractivity contribution in [1.82, 2.24) is 41.6 Å². The fourth-order valence-electron chi connectivity index (χ4n) is 5.38. The normalized spacial score (nSPS) is 13.6. The molecular formula is C32H29N9O3. The molecule has 0 aliphatic carbocycles. The summed E-state index contributed by atoms with van der Waals surface area (Å²) in [4.78, 5) is 43.6. The number of ether oxygens (including phenoxy) is 1. The van der Waals surface area contributed by atoms with Crippen molar-refractivity contribution in [2.24, 2.45) is 0 Å². The molecule has 5 N–H and O–H groups in total. The topological polar surface area (TPSA) is 149 Å². The second-order valence-electron chi connectivity index (χ2n) is 10.4. The molecule has 0 spiro atoms. The van der Waals surface area contributed by atoms with Gasteiger partial charge in [-0.25, -0.2) is 9.97 Å². The van der Waals surface area contributed by atoms with Gasteiger partial charge in [-0.1, -0.05) is 66.7 Å². The van der Waals surface area contributed by atoms with Crippen molar-refractivity contribution in [2.45, 2.75) is 32.5 Å². The first kappa shape index (κ1) is 27.1. The number of hydrazine groups is 2. The molecular weight excluding hydrogens is 558 g/mol. The molecule has 0 fully saturated rings. The minimum absolute atomic E-state index is 0.0841. The molecule has 0 bridgehead atoms. The molecule has 3 aromatic carbocycles. The van der Waals surface area contributed by atoms with Crippen molar-refractivity contribution in [3.05, 3.63) is 113 Å². The number of carbonyl (C=O) groups is 2. The molecule has 2 aliphatic rings. The first-order valence-corrected chi connectivity index (χ1v) is 14.2. The molecule has 0 radical (unpaired) electrons. The number of nitrogens with zero attached hydrogens (tertiary/aromatic N) is 4. The summed E-state index contributed by atoms with van der Waals surface area (Å²) in [6.07, 6.45) is 3.15.